The predicted octanol–water partition coefficient (Wildman–Crippen LogP) is 2.11. The van der Waals surface area contributed by atoms with Gasteiger partial charge in [0.25, 0.3) is 11.8 Å². The molecule has 0 fully saturated rings. The largest absolute Gasteiger partial charge is 0.484 e. The molecule has 2 rings (SSSR count). The zero-order valence-electron chi connectivity index (χ0n) is 12.2. The minimum Gasteiger partial charge on any atom is -0.484 e. The molecule has 120 valence electrons. The molecule has 0 aliphatic carbocycles. The van der Waals surface area contributed by atoms with Crippen molar-refractivity contribution in [3.05, 3.63) is 65.2 Å². The first-order valence-electron chi connectivity index (χ1n) is 6.69. The van der Waals surface area contributed by atoms with Crippen LogP contribution < -0.4 is 15.6 Å². The van der Waals surface area contributed by atoms with Crippen LogP contribution in [0.4, 0.5) is 8.78 Å². The van der Waals surface area contributed by atoms with E-state index in [-0.39, 0.29) is 12.2 Å². The lowest BCUT2D eigenvalue weighted by Gasteiger charge is -2.09. The van der Waals surface area contributed by atoms with Crippen molar-refractivity contribution in [2.75, 3.05) is 6.61 Å². The fourth-order valence-corrected chi connectivity index (χ4v) is 1.77. The van der Waals surface area contributed by atoms with Crippen molar-refractivity contribution < 1.29 is 23.1 Å². The summed E-state index contributed by atoms with van der Waals surface area (Å²) >= 11 is 0. The van der Waals surface area contributed by atoms with Gasteiger partial charge in [-0.3, -0.25) is 20.4 Å². The summed E-state index contributed by atoms with van der Waals surface area (Å²) in [7, 11) is 0. The molecule has 0 aliphatic heterocycles. The average molecular weight is 320 g/mol. The van der Waals surface area contributed by atoms with Gasteiger partial charge in [-0.05, 0) is 36.8 Å². The van der Waals surface area contributed by atoms with Gasteiger partial charge in [0.2, 0.25) is 0 Å². The molecule has 7 heteroatoms. The number of ether oxygens (including phenoxy) is 1. The monoisotopic (exact) mass is 320 g/mol. The number of hydrazine groups is 1. The van der Waals surface area contributed by atoms with E-state index in [9.17, 15) is 18.4 Å². The molecule has 0 radical (unpaired) electrons. The van der Waals surface area contributed by atoms with Crippen LogP contribution in [0.1, 0.15) is 15.9 Å². The highest BCUT2D eigenvalue weighted by atomic mass is 19.1. The number of carbonyl (C=O) groups excluding carboxylic acids is 2. The summed E-state index contributed by atoms with van der Waals surface area (Å²) in [5.74, 6) is -2.71. The van der Waals surface area contributed by atoms with Crippen LogP contribution in [0.15, 0.2) is 42.5 Å². The van der Waals surface area contributed by atoms with E-state index in [1.165, 1.54) is 0 Å². The van der Waals surface area contributed by atoms with Crippen LogP contribution in [-0.2, 0) is 4.79 Å². The van der Waals surface area contributed by atoms with Crippen molar-refractivity contribution >= 4 is 11.8 Å². The Balaban J connectivity index is 1.83. The maximum Gasteiger partial charge on any atom is 0.276 e. The second kappa shape index (κ2) is 7.35. The summed E-state index contributed by atoms with van der Waals surface area (Å²) in [5.41, 5.74) is 4.87. The SMILES string of the molecule is Cc1cccc(OCC(=O)NNC(=O)c2cc(F)cc(F)c2)c1. The van der Waals surface area contributed by atoms with Gasteiger partial charge in [0.1, 0.15) is 17.4 Å². The third-order valence-corrected chi connectivity index (χ3v) is 2.80. The average Bonchev–Trinajstić information content (AvgIpc) is 2.49. The highest BCUT2D eigenvalue weighted by Crippen LogP contribution is 2.11. The van der Waals surface area contributed by atoms with Gasteiger partial charge in [0, 0.05) is 11.6 Å². The molecule has 2 N–H and O–H groups in total. The zero-order valence-corrected chi connectivity index (χ0v) is 12.2. The smallest absolute Gasteiger partial charge is 0.276 e. The van der Waals surface area contributed by atoms with Gasteiger partial charge in [-0.1, -0.05) is 12.1 Å². The number of aryl methyl sites for hydroxylation is 1. The van der Waals surface area contributed by atoms with Crippen molar-refractivity contribution in [2.24, 2.45) is 0 Å². The molecule has 5 nitrogen and oxygen atoms in total. The Bertz CT molecular complexity index is 715. The molecule has 0 spiro atoms. The lowest BCUT2D eigenvalue weighted by Crippen LogP contribution is -2.43. The maximum atomic E-state index is 13.0. The van der Waals surface area contributed by atoms with Gasteiger partial charge in [0.05, 0.1) is 0 Å². The van der Waals surface area contributed by atoms with Crippen LogP contribution in [0.3, 0.4) is 0 Å². The van der Waals surface area contributed by atoms with Crippen LogP contribution in [0.2, 0.25) is 0 Å². The molecular weight excluding hydrogens is 306 g/mol. The van der Waals surface area contributed by atoms with Gasteiger partial charge in [0.15, 0.2) is 6.61 Å². The summed E-state index contributed by atoms with van der Waals surface area (Å²) < 4.78 is 31.2. The maximum absolute atomic E-state index is 13.0. The van der Waals surface area contributed by atoms with Gasteiger partial charge in [-0.2, -0.15) is 0 Å². The highest BCUT2D eigenvalue weighted by Gasteiger charge is 2.10. The van der Waals surface area contributed by atoms with Crippen LogP contribution in [0.25, 0.3) is 0 Å². The molecule has 0 aromatic heterocycles. The second-order valence-corrected chi connectivity index (χ2v) is 4.77. The van der Waals surface area contributed by atoms with Crippen molar-refractivity contribution in [2.45, 2.75) is 6.92 Å². The second-order valence-electron chi connectivity index (χ2n) is 4.77. The van der Waals surface area contributed by atoms with Crippen LogP contribution in [0, 0.1) is 18.6 Å². The summed E-state index contributed by atoms with van der Waals surface area (Å²) in [6.07, 6.45) is 0. The Labute approximate surface area is 131 Å². The number of amides is 2. The first-order valence-corrected chi connectivity index (χ1v) is 6.69. The third-order valence-electron chi connectivity index (χ3n) is 2.80. The van der Waals surface area contributed by atoms with E-state index >= 15 is 0 Å². The van der Waals surface area contributed by atoms with Crippen molar-refractivity contribution in [1.82, 2.24) is 10.9 Å². The van der Waals surface area contributed by atoms with E-state index in [0.717, 1.165) is 17.7 Å². The summed E-state index contributed by atoms with van der Waals surface area (Å²) in [4.78, 5) is 23.2. The van der Waals surface area contributed by atoms with E-state index < -0.39 is 23.4 Å². The Morgan fingerprint density at radius 2 is 1.74 bits per heavy atom. The van der Waals surface area contributed by atoms with Crippen molar-refractivity contribution in [3.63, 3.8) is 0 Å². The lowest BCUT2D eigenvalue weighted by atomic mass is 10.2. The summed E-state index contributed by atoms with van der Waals surface area (Å²) in [6.45, 7) is 1.56. The molecule has 0 aliphatic rings. The molecule has 2 aromatic carbocycles. The van der Waals surface area contributed by atoms with Crippen LogP contribution >= 0.6 is 0 Å². The molecule has 0 unspecified atom stereocenters. The lowest BCUT2D eigenvalue weighted by molar-refractivity contribution is -0.123. The summed E-state index contributed by atoms with van der Waals surface area (Å²) in [6, 6.07) is 9.45. The zero-order chi connectivity index (χ0) is 16.8. The quantitative estimate of drug-likeness (QED) is 0.848. The minimum absolute atomic E-state index is 0.248. The van der Waals surface area contributed by atoms with Gasteiger partial charge in [-0.25, -0.2) is 8.78 Å². The molecule has 0 saturated carbocycles. The molecular formula is C16H14F2N2O3. The van der Waals surface area contributed by atoms with Crippen molar-refractivity contribution in [3.8, 4) is 5.75 Å². The fraction of sp³-hybridized carbons (Fsp3) is 0.125. The van der Waals surface area contributed by atoms with E-state index in [2.05, 4.69) is 5.43 Å². The number of benzene rings is 2. The van der Waals surface area contributed by atoms with Crippen LogP contribution in [0.5, 0.6) is 5.75 Å². The number of carbonyl (C=O) groups is 2. The molecule has 23 heavy (non-hydrogen) atoms. The van der Waals surface area contributed by atoms with Gasteiger partial charge in [-0.15, -0.1) is 0 Å². The Kier molecular flexibility index (Phi) is 5.24. The predicted molar refractivity (Wildman–Crippen MR) is 78.6 cm³/mol. The Morgan fingerprint density at radius 3 is 2.39 bits per heavy atom. The van der Waals surface area contributed by atoms with E-state index in [4.69, 9.17) is 4.74 Å². The highest BCUT2D eigenvalue weighted by molar-refractivity contribution is 5.95. The number of nitrogens with one attached hydrogen (secondary N) is 2. The molecule has 0 heterocycles. The Morgan fingerprint density at radius 1 is 1.04 bits per heavy atom. The number of halogens is 2. The summed E-state index contributed by atoms with van der Waals surface area (Å²) in [5, 5.41) is 0. The van der Waals surface area contributed by atoms with E-state index in [1.54, 1.807) is 18.2 Å². The third kappa shape index (κ3) is 5.06. The normalized spacial score (nSPS) is 10.0. The number of hydrogen-bond acceptors (Lipinski definition) is 3. The van der Waals surface area contributed by atoms with Crippen LogP contribution in [-0.4, -0.2) is 18.4 Å². The molecule has 0 bridgehead atoms. The first kappa shape index (κ1) is 16.4. The van der Waals surface area contributed by atoms with E-state index in [0.29, 0.717) is 11.8 Å². The molecule has 2 aromatic rings. The van der Waals surface area contributed by atoms with E-state index in [1.807, 2.05) is 18.4 Å². The molecule has 2 amide bonds. The molecule has 0 atom stereocenters. The number of hydrogen-bond donors (Lipinski definition) is 2. The van der Waals surface area contributed by atoms with Gasteiger partial charge < -0.3 is 4.74 Å². The van der Waals surface area contributed by atoms with Crippen molar-refractivity contribution in [1.29, 1.82) is 0 Å². The van der Waals surface area contributed by atoms with Gasteiger partial charge >= 0.3 is 0 Å². The fourth-order valence-electron chi connectivity index (χ4n) is 1.77. The number of rotatable bonds is 4. The standard InChI is InChI=1S/C16H14F2N2O3/c1-10-3-2-4-14(5-10)23-9-15(21)19-20-16(22)11-6-12(17)8-13(18)7-11/h2-8H,9H2,1H3,(H,19,21)(H,20,22). The topological polar surface area (TPSA) is 67.4 Å². The Hall–Kier alpha value is -2.96. The minimum atomic E-state index is -0.885. The first-order chi connectivity index (χ1) is 10.9. The molecule has 0 saturated heterocycles.